The molecule has 4 aliphatic carbocycles. The van der Waals surface area contributed by atoms with Crippen LogP contribution < -0.4 is 14.5 Å². The maximum absolute atomic E-state index is 12.9. The molecule has 4 saturated carbocycles. The van der Waals surface area contributed by atoms with E-state index in [0.717, 1.165) is 36.5 Å². The van der Waals surface area contributed by atoms with E-state index in [-0.39, 0.29) is 17.9 Å². The second-order valence-corrected chi connectivity index (χ2v) is 14.1. The number of benzene rings is 2. The zero-order chi connectivity index (χ0) is 25.6. The average Bonchev–Trinajstić information content (AvgIpc) is 2.87. The quantitative estimate of drug-likeness (QED) is 0.519. The highest BCUT2D eigenvalue weighted by Crippen LogP contribution is 2.60. The van der Waals surface area contributed by atoms with Crippen molar-refractivity contribution in [3.05, 3.63) is 54.1 Å². The Morgan fingerprint density at radius 1 is 0.892 bits per heavy atom. The number of nitrogens with one attached hydrogen (secondary N) is 1. The molecule has 0 radical (unpaired) electrons. The SMILES string of the molecule is CS(=O)(=O)N(CC(=O)Nc1ccc(N2CCCCC2)cc1)c1ccc(C23CC4CC(CC(C4)C2)C3)cc1. The van der Waals surface area contributed by atoms with E-state index in [9.17, 15) is 13.2 Å². The third kappa shape index (κ3) is 5.12. The van der Waals surface area contributed by atoms with Gasteiger partial charge < -0.3 is 10.2 Å². The molecule has 0 atom stereocenters. The summed E-state index contributed by atoms with van der Waals surface area (Å²) in [5.41, 5.74) is 4.00. The van der Waals surface area contributed by atoms with E-state index < -0.39 is 10.0 Å². The first-order chi connectivity index (χ1) is 17.8. The minimum atomic E-state index is -3.62. The zero-order valence-electron chi connectivity index (χ0n) is 21.9. The van der Waals surface area contributed by atoms with Crippen LogP contribution in [0.15, 0.2) is 48.5 Å². The number of carbonyl (C=O) groups excluding carboxylic acids is 1. The molecule has 2 aromatic rings. The molecule has 1 N–H and O–H groups in total. The second-order valence-electron chi connectivity index (χ2n) is 12.2. The first-order valence-corrected chi connectivity index (χ1v) is 15.9. The third-order valence-electron chi connectivity index (χ3n) is 9.37. The summed E-state index contributed by atoms with van der Waals surface area (Å²) in [5, 5.41) is 2.88. The van der Waals surface area contributed by atoms with Crippen LogP contribution >= 0.6 is 0 Å². The number of nitrogens with zero attached hydrogens (tertiary/aromatic N) is 2. The Labute approximate surface area is 221 Å². The number of carbonyl (C=O) groups is 1. The summed E-state index contributed by atoms with van der Waals surface area (Å²) in [5.74, 6) is 2.23. The van der Waals surface area contributed by atoms with Gasteiger partial charge in [0.25, 0.3) is 0 Å². The van der Waals surface area contributed by atoms with Gasteiger partial charge in [-0.2, -0.15) is 0 Å². The molecule has 1 amide bonds. The molecule has 4 bridgehead atoms. The van der Waals surface area contributed by atoms with Crippen LogP contribution in [0.1, 0.15) is 63.4 Å². The van der Waals surface area contributed by atoms with Crippen LogP contribution in [0.5, 0.6) is 0 Å². The molecule has 5 aliphatic rings. The first-order valence-electron chi connectivity index (χ1n) is 14.0. The van der Waals surface area contributed by atoms with Crippen LogP contribution in [-0.4, -0.2) is 40.2 Å². The Hall–Kier alpha value is -2.54. The van der Waals surface area contributed by atoms with Gasteiger partial charge in [-0.25, -0.2) is 8.42 Å². The number of hydrogen-bond acceptors (Lipinski definition) is 4. The molecule has 198 valence electrons. The monoisotopic (exact) mass is 521 g/mol. The van der Waals surface area contributed by atoms with Gasteiger partial charge in [0.1, 0.15) is 6.54 Å². The molecular formula is C30H39N3O3S. The van der Waals surface area contributed by atoms with Crippen LogP contribution in [-0.2, 0) is 20.2 Å². The molecule has 0 unspecified atom stereocenters. The summed E-state index contributed by atoms with van der Waals surface area (Å²) in [6.45, 7) is 1.89. The van der Waals surface area contributed by atoms with E-state index >= 15 is 0 Å². The van der Waals surface area contributed by atoms with E-state index in [1.165, 1.54) is 73.9 Å². The predicted octanol–water partition coefficient (Wildman–Crippen LogP) is 5.55. The lowest BCUT2D eigenvalue weighted by Gasteiger charge is -2.57. The summed E-state index contributed by atoms with van der Waals surface area (Å²) in [6.07, 6.45) is 12.9. The van der Waals surface area contributed by atoms with Crippen LogP contribution in [0, 0.1) is 17.8 Å². The fourth-order valence-electron chi connectivity index (χ4n) is 8.08. The lowest BCUT2D eigenvalue weighted by atomic mass is 9.48. The maximum Gasteiger partial charge on any atom is 0.245 e. The highest BCUT2D eigenvalue weighted by Gasteiger charge is 2.51. The Bertz CT molecular complexity index is 1200. The summed E-state index contributed by atoms with van der Waals surface area (Å²) in [6, 6.07) is 15.9. The van der Waals surface area contributed by atoms with Crippen LogP contribution in [0.3, 0.4) is 0 Å². The Morgan fingerprint density at radius 3 is 2.00 bits per heavy atom. The third-order valence-corrected chi connectivity index (χ3v) is 10.5. The van der Waals surface area contributed by atoms with Gasteiger partial charge in [-0.1, -0.05) is 12.1 Å². The number of anilines is 3. The summed E-state index contributed by atoms with van der Waals surface area (Å²) >= 11 is 0. The standard InChI is InChI=1S/C30H39N3O3S/c1-37(35,36)33(21-29(34)31-26-7-11-27(12-8-26)32-13-3-2-4-14-32)28-9-5-25(6-10-28)30-18-22-15-23(19-30)17-24(16-22)20-30/h5-12,22-24H,2-4,13-21H2,1H3,(H,31,34). The topological polar surface area (TPSA) is 69.7 Å². The minimum absolute atomic E-state index is 0.247. The van der Waals surface area contributed by atoms with E-state index in [1.807, 2.05) is 36.4 Å². The molecule has 1 saturated heterocycles. The van der Waals surface area contributed by atoms with Crippen LogP contribution in [0.2, 0.25) is 0 Å². The zero-order valence-corrected chi connectivity index (χ0v) is 22.7. The number of piperidine rings is 1. The molecule has 6 nitrogen and oxygen atoms in total. The van der Waals surface area contributed by atoms with Crippen molar-refractivity contribution >= 4 is 33.0 Å². The molecule has 7 heteroatoms. The van der Waals surface area contributed by atoms with E-state index in [2.05, 4.69) is 22.3 Å². The number of rotatable bonds is 7. The van der Waals surface area contributed by atoms with E-state index in [0.29, 0.717) is 11.4 Å². The van der Waals surface area contributed by atoms with Crippen molar-refractivity contribution in [1.29, 1.82) is 0 Å². The number of sulfonamides is 1. The highest BCUT2D eigenvalue weighted by molar-refractivity contribution is 7.92. The molecule has 5 fully saturated rings. The first kappa shape index (κ1) is 24.8. The summed E-state index contributed by atoms with van der Waals surface area (Å²) < 4.78 is 26.6. The van der Waals surface area contributed by atoms with Crippen molar-refractivity contribution < 1.29 is 13.2 Å². The van der Waals surface area contributed by atoms with Gasteiger partial charge in [0.15, 0.2) is 0 Å². The van der Waals surface area contributed by atoms with Crippen molar-refractivity contribution in [3.63, 3.8) is 0 Å². The van der Waals surface area contributed by atoms with Crippen LogP contribution in [0.25, 0.3) is 0 Å². The Kier molecular flexibility index (Phi) is 6.46. The van der Waals surface area contributed by atoms with Crippen molar-refractivity contribution in [1.82, 2.24) is 0 Å². The smallest absolute Gasteiger partial charge is 0.245 e. The largest absolute Gasteiger partial charge is 0.372 e. The normalized spacial score (nSPS) is 28.8. The molecule has 7 rings (SSSR count). The molecule has 0 aromatic heterocycles. The van der Waals surface area contributed by atoms with Crippen molar-refractivity contribution in [2.75, 3.05) is 40.4 Å². The Balaban J connectivity index is 1.14. The van der Waals surface area contributed by atoms with Gasteiger partial charge in [0.2, 0.25) is 15.9 Å². The lowest BCUT2D eigenvalue weighted by Crippen LogP contribution is -2.48. The molecule has 1 aliphatic heterocycles. The summed E-state index contributed by atoms with van der Waals surface area (Å²) in [7, 11) is -3.62. The molecule has 2 aromatic carbocycles. The van der Waals surface area contributed by atoms with Gasteiger partial charge in [0.05, 0.1) is 11.9 Å². The van der Waals surface area contributed by atoms with Crippen LogP contribution in [0.4, 0.5) is 17.1 Å². The minimum Gasteiger partial charge on any atom is -0.372 e. The van der Waals surface area contributed by atoms with Gasteiger partial charge in [0, 0.05) is 24.5 Å². The molecule has 0 spiro atoms. The second kappa shape index (κ2) is 9.64. The number of hydrogen-bond donors (Lipinski definition) is 1. The average molecular weight is 522 g/mol. The van der Waals surface area contributed by atoms with Gasteiger partial charge in [-0.15, -0.1) is 0 Å². The number of amides is 1. The molecular weight excluding hydrogens is 482 g/mol. The highest BCUT2D eigenvalue weighted by atomic mass is 32.2. The van der Waals surface area contributed by atoms with Gasteiger partial charge >= 0.3 is 0 Å². The lowest BCUT2D eigenvalue weighted by molar-refractivity contribution is -0.114. The summed E-state index contributed by atoms with van der Waals surface area (Å²) in [4.78, 5) is 15.3. The van der Waals surface area contributed by atoms with E-state index in [1.54, 1.807) is 0 Å². The molecule has 37 heavy (non-hydrogen) atoms. The van der Waals surface area contributed by atoms with Gasteiger partial charge in [-0.05, 0) is 123 Å². The Morgan fingerprint density at radius 2 is 1.46 bits per heavy atom. The molecule has 1 heterocycles. The van der Waals surface area contributed by atoms with E-state index in [4.69, 9.17) is 0 Å². The fraction of sp³-hybridized carbons (Fsp3) is 0.567. The van der Waals surface area contributed by atoms with Crippen molar-refractivity contribution in [2.45, 2.75) is 63.2 Å². The van der Waals surface area contributed by atoms with Crippen molar-refractivity contribution in [2.24, 2.45) is 17.8 Å². The fourth-order valence-corrected chi connectivity index (χ4v) is 8.94. The van der Waals surface area contributed by atoms with Crippen molar-refractivity contribution in [3.8, 4) is 0 Å². The van der Waals surface area contributed by atoms with Gasteiger partial charge in [-0.3, -0.25) is 9.10 Å². The maximum atomic E-state index is 12.9. The predicted molar refractivity (Wildman–Crippen MR) is 150 cm³/mol.